The van der Waals surface area contributed by atoms with Crippen molar-refractivity contribution >= 4 is 11.9 Å². The van der Waals surface area contributed by atoms with Gasteiger partial charge in [0.25, 0.3) is 0 Å². The van der Waals surface area contributed by atoms with Crippen molar-refractivity contribution in [1.29, 1.82) is 0 Å². The van der Waals surface area contributed by atoms with E-state index < -0.39 is 23.5 Å². The number of urea groups is 1. The highest BCUT2D eigenvalue weighted by Crippen LogP contribution is 2.30. The third-order valence-corrected chi connectivity index (χ3v) is 5.43. The Morgan fingerprint density at radius 3 is 2.31 bits per heavy atom. The van der Waals surface area contributed by atoms with E-state index in [1.165, 1.54) is 0 Å². The summed E-state index contributed by atoms with van der Waals surface area (Å²) in [5, 5.41) is 0. The number of hydrogen-bond donors (Lipinski definition) is 1. The molecule has 2 aliphatic heterocycles. The second-order valence-electron chi connectivity index (χ2n) is 7.42. The van der Waals surface area contributed by atoms with Gasteiger partial charge in [-0.2, -0.15) is 13.2 Å². The molecule has 0 bridgehead atoms. The molecule has 2 N–H and O–H groups in total. The molecule has 29 heavy (non-hydrogen) atoms. The van der Waals surface area contributed by atoms with Gasteiger partial charge >= 0.3 is 12.2 Å². The van der Waals surface area contributed by atoms with Crippen LogP contribution in [0.5, 0.6) is 0 Å². The molecule has 0 radical (unpaired) electrons. The Bertz CT molecular complexity index is 764. The van der Waals surface area contributed by atoms with Gasteiger partial charge in [0.05, 0.1) is 24.2 Å². The lowest BCUT2D eigenvalue weighted by molar-refractivity contribution is -0.137. The zero-order valence-electron chi connectivity index (χ0n) is 15.8. The molecule has 6 nitrogen and oxygen atoms in total. The van der Waals surface area contributed by atoms with E-state index in [0.29, 0.717) is 51.5 Å². The molecule has 1 atom stereocenters. The molecule has 160 valence electrons. The second-order valence-corrected chi connectivity index (χ2v) is 7.42. The first-order chi connectivity index (χ1) is 13.6. The van der Waals surface area contributed by atoms with Gasteiger partial charge in [0.2, 0.25) is 5.91 Å². The minimum absolute atomic E-state index is 0.0612. The predicted molar refractivity (Wildman–Crippen MR) is 95.1 cm³/mol. The third-order valence-electron chi connectivity index (χ3n) is 5.43. The van der Waals surface area contributed by atoms with Crippen LogP contribution in [0.25, 0.3) is 0 Å². The summed E-state index contributed by atoms with van der Waals surface area (Å²) in [5.74, 6) is -1.66. The molecule has 2 fully saturated rings. The summed E-state index contributed by atoms with van der Waals surface area (Å²) >= 11 is 0. The number of primary amides is 1. The summed E-state index contributed by atoms with van der Waals surface area (Å²) in [6.07, 6.45) is -3.15. The molecule has 0 spiro atoms. The number of piperidine rings is 1. The maximum absolute atomic E-state index is 13.9. The fraction of sp³-hybridized carbons (Fsp3) is 0.579. The Labute approximate surface area is 165 Å². The number of nitrogens with zero attached hydrogens (tertiary/aromatic N) is 2. The van der Waals surface area contributed by atoms with Crippen molar-refractivity contribution in [2.24, 2.45) is 11.7 Å². The molecule has 10 heteroatoms. The topological polar surface area (TPSA) is 75.9 Å². The average Bonchev–Trinajstić information content (AvgIpc) is 3.16. The van der Waals surface area contributed by atoms with Crippen LogP contribution in [0.15, 0.2) is 18.2 Å². The molecule has 3 rings (SSSR count). The zero-order valence-corrected chi connectivity index (χ0v) is 15.8. The molecular formula is C19H23F4N3O3. The Kier molecular flexibility index (Phi) is 6.30. The first-order valence-corrected chi connectivity index (χ1v) is 9.45. The van der Waals surface area contributed by atoms with Gasteiger partial charge in [-0.3, -0.25) is 4.79 Å². The maximum Gasteiger partial charge on any atom is 0.416 e. The summed E-state index contributed by atoms with van der Waals surface area (Å²) in [6, 6.07) is 2.24. The van der Waals surface area contributed by atoms with Crippen LogP contribution < -0.4 is 5.73 Å². The van der Waals surface area contributed by atoms with E-state index in [1.54, 1.807) is 9.80 Å². The predicted octanol–water partition coefficient (Wildman–Crippen LogP) is 2.75. The monoisotopic (exact) mass is 417 g/mol. The van der Waals surface area contributed by atoms with Crippen LogP contribution in [0.2, 0.25) is 0 Å². The minimum atomic E-state index is -4.59. The Balaban J connectivity index is 1.46. The molecule has 0 saturated carbocycles. The molecule has 0 aromatic heterocycles. The fourth-order valence-electron chi connectivity index (χ4n) is 3.63. The second kappa shape index (κ2) is 8.56. The minimum Gasteiger partial charge on any atom is -0.373 e. The van der Waals surface area contributed by atoms with Crippen molar-refractivity contribution in [2.75, 3.05) is 26.2 Å². The number of halogens is 4. The van der Waals surface area contributed by atoms with Crippen LogP contribution in [0, 0.1) is 11.7 Å². The van der Waals surface area contributed by atoms with Gasteiger partial charge in [-0.05, 0) is 31.4 Å². The van der Waals surface area contributed by atoms with Crippen LogP contribution in [-0.4, -0.2) is 54.0 Å². The van der Waals surface area contributed by atoms with Crippen molar-refractivity contribution < 1.29 is 31.9 Å². The van der Waals surface area contributed by atoms with Crippen LogP contribution in [0.3, 0.4) is 0 Å². The van der Waals surface area contributed by atoms with Gasteiger partial charge in [0.1, 0.15) is 5.82 Å². The molecule has 1 aromatic rings. The molecule has 2 saturated heterocycles. The van der Waals surface area contributed by atoms with E-state index in [4.69, 9.17) is 10.5 Å². The third kappa shape index (κ3) is 5.17. The van der Waals surface area contributed by atoms with Crippen LogP contribution in [0.1, 0.15) is 30.4 Å². The van der Waals surface area contributed by atoms with Gasteiger partial charge < -0.3 is 20.3 Å². The number of carbonyl (C=O) groups is 2. The van der Waals surface area contributed by atoms with Crippen LogP contribution >= 0.6 is 0 Å². The number of likely N-dealkylation sites (tertiary alicyclic amines) is 2. The highest BCUT2D eigenvalue weighted by molar-refractivity contribution is 5.80. The number of ether oxygens (including phenoxy) is 1. The number of hydrogen-bond acceptors (Lipinski definition) is 3. The average molecular weight is 417 g/mol. The van der Waals surface area contributed by atoms with Crippen molar-refractivity contribution in [2.45, 2.75) is 38.1 Å². The largest absolute Gasteiger partial charge is 0.416 e. The molecular weight excluding hydrogens is 394 g/mol. The van der Waals surface area contributed by atoms with Gasteiger partial charge in [0.15, 0.2) is 0 Å². The molecule has 3 amide bonds. The number of rotatable bonds is 4. The van der Waals surface area contributed by atoms with Crippen LogP contribution in [-0.2, 0) is 22.3 Å². The number of nitrogens with two attached hydrogens (primary N) is 1. The highest BCUT2D eigenvalue weighted by atomic mass is 19.4. The van der Waals surface area contributed by atoms with E-state index in [1.807, 2.05) is 0 Å². The summed E-state index contributed by atoms with van der Waals surface area (Å²) in [4.78, 5) is 27.1. The van der Waals surface area contributed by atoms with E-state index >= 15 is 0 Å². The number of alkyl halides is 3. The fourth-order valence-corrected chi connectivity index (χ4v) is 3.63. The lowest BCUT2D eigenvalue weighted by Crippen LogP contribution is -2.47. The van der Waals surface area contributed by atoms with Gasteiger partial charge in [0, 0.05) is 31.7 Å². The lowest BCUT2D eigenvalue weighted by atomic mass is 10.1. The first kappa shape index (κ1) is 21.4. The quantitative estimate of drug-likeness (QED) is 0.766. The standard InChI is InChI=1S/C19H23F4N3O3/c20-16-9-14(19(21,22)23)2-1-13(16)11-29-15-4-7-25(8-5-15)18(28)26-6-3-12(10-26)17(24)27/h1-2,9,12,15H,3-8,10-11H2,(H2,24,27)/t12-/m0/s1. The zero-order chi connectivity index (χ0) is 21.2. The first-order valence-electron chi connectivity index (χ1n) is 9.45. The Morgan fingerprint density at radius 1 is 1.10 bits per heavy atom. The summed E-state index contributed by atoms with van der Waals surface area (Å²) < 4.78 is 57.3. The smallest absolute Gasteiger partial charge is 0.373 e. The van der Waals surface area contributed by atoms with Crippen molar-refractivity contribution in [1.82, 2.24) is 9.80 Å². The van der Waals surface area contributed by atoms with E-state index in [0.717, 1.165) is 12.1 Å². The van der Waals surface area contributed by atoms with Crippen molar-refractivity contribution in [3.63, 3.8) is 0 Å². The molecule has 2 aliphatic rings. The molecule has 0 unspecified atom stereocenters. The Morgan fingerprint density at radius 2 is 1.76 bits per heavy atom. The number of amides is 3. The number of benzene rings is 1. The van der Waals surface area contributed by atoms with Crippen LogP contribution in [0.4, 0.5) is 22.4 Å². The Hall–Kier alpha value is -2.36. The maximum atomic E-state index is 13.9. The normalized spacial score (nSPS) is 20.9. The highest BCUT2D eigenvalue weighted by Gasteiger charge is 2.34. The van der Waals surface area contributed by atoms with Crippen molar-refractivity contribution in [3.8, 4) is 0 Å². The van der Waals surface area contributed by atoms with E-state index in [-0.39, 0.29) is 30.2 Å². The summed E-state index contributed by atoms with van der Waals surface area (Å²) in [6.45, 7) is 1.61. The van der Waals surface area contributed by atoms with Gasteiger partial charge in [-0.25, -0.2) is 9.18 Å². The van der Waals surface area contributed by atoms with Crippen molar-refractivity contribution in [3.05, 3.63) is 35.1 Å². The van der Waals surface area contributed by atoms with E-state index in [9.17, 15) is 27.2 Å². The van der Waals surface area contributed by atoms with E-state index in [2.05, 4.69) is 0 Å². The summed E-state index contributed by atoms with van der Waals surface area (Å²) in [5.41, 5.74) is 4.31. The number of carbonyl (C=O) groups excluding carboxylic acids is 2. The lowest BCUT2D eigenvalue weighted by Gasteiger charge is -2.34. The molecule has 0 aliphatic carbocycles. The summed E-state index contributed by atoms with van der Waals surface area (Å²) in [7, 11) is 0. The van der Waals surface area contributed by atoms with Gasteiger partial charge in [-0.15, -0.1) is 0 Å². The molecule has 2 heterocycles. The van der Waals surface area contributed by atoms with Gasteiger partial charge in [-0.1, -0.05) is 6.07 Å². The SMILES string of the molecule is NC(=O)[C@H]1CCN(C(=O)N2CCC(OCc3ccc(C(F)(F)F)cc3F)CC2)C1. The molecule has 1 aromatic carbocycles.